The van der Waals surface area contributed by atoms with Crippen molar-refractivity contribution in [3.63, 3.8) is 0 Å². The van der Waals surface area contributed by atoms with Crippen molar-refractivity contribution in [3.8, 4) is 11.5 Å². The number of carboxylic acid groups (broad SMARTS) is 1. The lowest BCUT2D eigenvalue weighted by atomic mass is 10.0. The Hall–Kier alpha value is -3.08. The van der Waals surface area contributed by atoms with E-state index in [4.69, 9.17) is 4.74 Å². The Balaban J connectivity index is 1.62. The number of ether oxygens (including phenoxy) is 1. The maximum absolute atomic E-state index is 12.2. The van der Waals surface area contributed by atoms with E-state index in [9.17, 15) is 14.7 Å². The normalized spacial score (nSPS) is 14.5. The van der Waals surface area contributed by atoms with Crippen molar-refractivity contribution in [2.75, 3.05) is 0 Å². The van der Waals surface area contributed by atoms with E-state index in [-0.39, 0.29) is 11.6 Å². The molecule has 2 aromatic rings. The smallest absolute Gasteiger partial charge is 0.352 e. The van der Waals surface area contributed by atoms with Gasteiger partial charge < -0.3 is 15.2 Å². The summed E-state index contributed by atoms with van der Waals surface area (Å²) in [6.45, 7) is 2.07. The Morgan fingerprint density at radius 3 is 2.47 bits per heavy atom. The number of amides is 1. The Morgan fingerprint density at radius 2 is 1.80 bits per heavy atom. The Bertz CT molecular complexity index is 896. The SMILES string of the molecule is CCc1ccccc1Oc1ccc(/C=C(/NC(=O)CCC2CCCC2)C(=O)O)cc1. The van der Waals surface area contributed by atoms with Crippen LogP contribution in [0.25, 0.3) is 6.08 Å². The van der Waals surface area contributed by atoms with Gasteiger partial charge in [0.1, 0.15) is 17.2 Å². The maximum atomic E-state index is 12.2. The summed E-state index contributed by atoms with van der Waals surface area (Å²) in [5, 5.41) is 12.0. The highest BCUT2D eigenvalue weighted by Gasteiger charge is 2.17. The first-order valence-corrected chi connectivity index (χ1v) is 10.7. The van der Waals surface area contributed by atoms with Crippen molar-refractivity contribution in [2.24, 2.45) is 5.92 Å². The number of carbonyl (C=O) groups excluding carboxylic acids is 1. The standard InChI is InChI=1S/C25H29NO4/c1-2-20-9-5-6-10-23(20)30-21-14-11-19(12-15-21)17-22(25(28)29)26-24(27)16-13-18-7-3-4-8-18/h5-6,9-12,14-15,17-18H,2-4,7-8,13,16H2,1H3,(H,26,27)(H,28,29)/b22-17+. The summed E-state index contributed by atoms with van der Waals surface area (Å²) in [6.07, 6.45) is 8.34. The summed E-state index contributed by atoms with van der Waals surface area (Å²) >= 11 is 0. The maximum Gasteiger partial charge on any atom is 0.352 e. The molecule has 1 aliphatic rings. The average Bonchev–Trinajstić information content (AvgIpc) is 3.27. The second-order valence-corrected chi connectivity index (χ2v) is 7.73. The third kappa shape index (κ3) is 6.21. The fourth-order valence-corrected chi connectivity index (χ4v) is 3.82. The van der Waals surface area contributed by atoms with Crippen LogP contribution in [-0.4, -0.2) is 17.0 Å². The predicted octanol–water partition coefficient (Wildman–Crippen LogP) is 5.55. The molecule has 1 aliphatic carbocycles. The molecule has 5 heteroatoms. The number of rotatable bonds is 9. The van der Waals surface area contributed by atoms with Gasteiger partial charge in [0.25, 0.3) is 0 Å². The zero-order valence-electron chi connectivity index (χ0n) is 17.4. The number of hydrogen-bond donors (Lipinski definition) is 2. The summed E-state index contributed by atoms with van der Waals surface area (Å²) in [5.74, 6) is 0.682. The Labute approximate surface area is 177 Å². The van der Waals surface area contributed by atoms with E-state index in [0.29, 0.717) is 23.7 Å². The molecule has 1 saturated carbocycles. The number of carboxylic acids is 1. The Kier molecular flexibility index (Phi) is 7.66. The van der Waals surface area contributed by atoms with E-state index in [1.807, 2.05) is 24.3 Å². The van der Waals surface area contributed by atoms with Gasteiger partial charge in [-0.05, 0) is 54.2 Å². The number of para-hydroxylation sites is 1. The van der Waals surface area contributed by atoms with Gasteiger partial charge in [-0.1, -0.05) is 62.9 Å². The molecule has 5 nitrogen and oxygen atoms in total. The summed E-state index contributed by atoms with van der Waals surface area (Å²) in [4.78, 5) is 23.8. The molecule has 2 aromatic carbocycles. The lowest BCUT2D eigenvalue weighted by Gasteiger charge is -2.11. The number of carbonyl (C=O) groups is 2. The highest BCUT2D eigenvalue weighted by atomic mass is 16.5. The molecule has 0 saturated heterocycles. The summed E-state index contributed by atoms with van der Waals surface area (Å²) in [5.41, 5.74) is 1.69. The van der Waals surface area contributed by atoms with Crippen molar-refractivity contribution in [1.29, 1.82) is 0 Å². The van der Waals surface area contributed by atoms with Crippen LogP contribution in [0.1, 0.15) is 56.6 Å². The lowest BCUT2D eigenvalue weighted by molar-refractivity contribution is -0.134. The first-order chi connectivity index (χ1) is 14.5. The van der Waals surface area contributed by atoms with Crippen molar-refractivity contribution < 1.29 is 19.4 Å². The molecular formula is C25H29NO4. The molecule has 0 bridgehead atoms. The number of benzene rings is 2. The molecule has 0 aliphatic heterocycles. The van der Waals surface area contributed by atoms with E-state index in [2.05, 4.69) is 12.2 Å². The minimum atomic E-state index is -1.15. The minimum Gasteiger partial charge on any atom is -0.477 e. The third-order valence-electron chi connectivity index (χ3n) is 5.53. The summed E-state index contributed by atoms with van der Waals surface area (Å²) < 4.78 is 5.95. The van der Waals surface area contributed by atoms with Crippen LogP contribution in [0.2, 0.25) is 0 Å². The van der Waals surface area contributed by atoms with Crippen molar-refractivity contribution >= 4 is 18.0 Å². The number of aryl methyl sites for hydroxylation is 1. The van der Waals surface area contributed by atoms with Crippen LogP contribution in [0.15, 0.2) is 54.2 Å². The van der Waals surface area contributed by atoms with E-state index >= 15 is 0 Å². The van der Waals surface area contributed by atoms with Gasteiger partial charge in [-0.25, -0.2) is 4.79 Å². The van der Waals surface area contributed by atoms with E-state index < -0.39 is 5.97 Å². The zero-order valence-corrected chi connectivity index (χ0v) is 17.4. The van der Waals surface area contributed by atoms with E-state index in [1.165, 1.54) is 31.8 Å². The molecule has 2 N–H and O–H groups in total. The molecule has 0 spiro atoms. The summed E-state index contributed by atoms with van der Waals surface area (Å²) in [7, 11) is 0. The quantitative estimate of drug-likeness (QED) is 0.534. The fraction of sp³-hybridized carbons (Fsp3) is 0.360. The second kappa shape index (κ2) is 10.6. The van der Waals surface area contributed by atoms with Gasteiger partial charge in [-0.15, -0.1) is 0 Å². The second-order valence-electron chi connectivity index (χ2n) is 7.73. The molecule has 158 valence electrons. The molecule has 0 unspecified atom stereocenters. The van der Waals surface area contributed by atoms with Crippen molar-refractivity contribution in [1.82, 2.24) is 5.32 Å². The molecule has 0 atom stereocenters. The number of aliphatic carboxylic acids is 1. The van der Waals surface area contributed by atoms with Crippen LogP contribution in [0, 0.1) is 5.92 Å². The molecule has 0 radical (unpaired) electrons. The van der Waals surface area contributed by atoms with Crippen LogP contribution in [0.4, 0.5) is 0 Å². The van der Waals surface area contributed by atoms with Gasteiger partial charge >= 0.3 is 5.97 Å². The third-order valence-corrected chi connectivity index (χ3v) is 5.53. The predicted molar refractivity (Wildman–Crippen MR) is 117 cm³/mol. The highest BCUT2D eigenvalue weighted by Crippen LogP contribution is 2.28. The van der Waals surface area contributed by atoms with Gasteiger partial charge in [0, 0.05) is 6.42 Å². The first-order valence-electron chi connectivity index (χ1n) is 10.7. The fourth-order valence-electron chi connectivity index (χ4n) is 3.82. The topological polar surface area (TPSA) is 75.6 Å². The first kappa shape index (κ1) is 21.6. The Morgan fingerprint density at radius 1 is 1.10 bits per heavy atom. The van der Waals surface area contributed by atoms with Crippen LogP contribution in [0.5, 0.6) is 11.5 Å². The highest BCUT2D eigenvalue weighted by molar-refractivity contribution is 5.96. The van der Waals surface area contributed by atoms with Gasteiger partial charge in [-0.2, -0.15) is 0 Å². The average molecular weight is 408 g/mol. The molecule has 0 aromatic heterocycles. The minimum absolute atomic E-state index is 0.114. The molecule has 1 amide bonds. The molecule has 3 rings (SSSR count). The van der Waals surface area contributed by atoms with Crippen LogP contribution in [-0.2, 0) is 16.0 Å². The zero-order chi connectivity index (χ0) is 21.3. The monoisotopic (exact) mass is 407 g/mol. The van der Waals surface area contributed by atoms with Crippen molar-refractivity contribution in [2.45, 2.75) is 51.9 Å². The molecule has 0 heterocycles. The van der Waals surface area contributed by atoms with Gasteiger partial charge in [-0.3, -0.25) is 4.79 Å². The number of nitrogens with one attached hydrogen (secondary N) is 1. The van der Waals surface area contributed by atoms with Gasteiger partial charge in [0.15, 0.2) is 0 Å². The van der Waals surface area contributed by atoms with E-state index in [0.717, 1.165) is 24.2 Å². The van der Waals surface area contributed by atoms with E-state index in [1.54, 1.807) is 24.3 Å². The van der Waals surface area contributed by atoms with Crippen LogP contribution in [0.3, 0.4) is 0 Å². The van der Waals surface area contributed by atoms with Gasteiger partial charge in [0.2, 0.25) is 5.91 Å². The van der Waals surface area contributed by atoms with Crippen LogP contribution >= 0.6 is 0 Å². The molecule has 1 fully saturated rings. The van der Waals surface area contributed by atoms with Crippen LogP contribution < -0.4 is 10.1 Å². The molecular weight excluding hydrogens is 378 g/mol. The largest absolute Gasteiger partial charge is 0.477 e. The van der Waals surface area contributed by atoms with Crippen molar-refractivity contribution in [3.05, 3.63) is 65.4 Å². The summed E-state index contributed by atoms with van der Waals surface area (Å²) in [6, 6.07) is 15.0. The van der Waals surface area contributed by atoms with Gasteiger partial charge in [0.05, 0.1) is 0 Å². The number of hydrogen-bond acceptors (Lipinski definition) is 3. The lowest BCUT2D eigenvalue weighted by Crippen LogP contribution is -2.27. The molecule has 30 heavy (non-hydrogen) atoms.